The second-order valence-corrected chi connectivity index (χ2v) is 5.52. The Morgan fingerprint density at radius 2 is 2.06 bits per heavy atom. The maximum atomic E-state index is 8.53. The van der Waals surface area contributed by atoms with Gasteiger partial charge in [-0.1, -0.05) is 23.4 Å². The van der Waals surface area contributed by atoms with E-state index in [1.165, 1.54) is 11.8 Å². The molecule has 0 saturated carbocycles. The predicted octanol–water partition coefficient (Wildman–Crippen LogP) is 4.29. The van der Waals surface area contributed by atoms with Crippen molar-refractivity contribution in [2.75, 3.05) is 6.26 Å². The number of aliphatic imine (C=N–C) groups is 1. The lowest BCUT2D eigenvalue weighted by molar-refractivity contribution is 1.27. The molecule has 1 aromatic rings. The van der Waals surface area contributed by atoms with Crippen LogP contribution in [0.4, 0.5) is 5.69 Å². The Bertz CT molecular complexity index is 447. The van der Waals surface area contributed by atoms with Crippen LogP contribution in [0.25, 0.3) is 0 Å². The van der Waals surface area contributed by atoms with Crippen LogP contribution < -0.4 is 5.32 Å². The van der Waals surface area contributed by atoms with E-state index in [1.807, 2.05) is 12.4 Å². The Labute approximate surface area is 120 Å². The lowest BCUT2D eigenvalue weighted by Gasteiger charge is -2.05. The third-order valence-corrected chi connectivity index (χ3v) is 3.56. The third kappa shape index (κ3) is 3.67. The monoisotopic (exact) mass is 381 g/mol. The number of nitrogens with zero attached hydrogens (tertiary/aromatic N) is 2. The molecule has 3 nitrogen and oxygen atoms in total. The summed E-state index contributed by atoms with van der Waals surface area (Å²) in [6.07, 6.45) is 3.67. The predicted molar refractivity (Wildman–Crippen MR) is 76.2 cm³/mol. The molecular weight excluding hydrogens is 377 g/mol. The molecule has 0 aliphatic rings. The fourth-order valence-corrected chi connectivity index (χ4v) is 3.09. The summed E-state index contributed by atoms with van der Waals surface area (Å²) in [6.45, 7) is 0. The van der Waals surface area contributed by atoms with Gasteiger partial charge in [-0.3, -0.25) is 5.32 Å². The smallest absolute Gasteiger partial charge is 0.183 e. The zero-order valence-corrected chi connectivity index (χ0v) is 12.8. The van der Waals surface area contributed by atoms with Gasteiger partial charge in [0, 0.05) is 14.0 Å². The van der Waals surface area contributed by atoms with Crippen LogP contribution in [0, 0.1) is 11.5 Å². The SMILES string of the molecule is CSC(=Nc1c(Br)cc(Cl)cc1Br)NC#N. The van der Waals surface area contributed by atoms with Gasteiger partial charge in [0.2, 0.25) is 0 Å². The number of thioether (sulfide) groups is 1. The Morgan fingerprint density at radius 1 is 1.50 bits per heavy atom. The normalized spacial score (nSPS) is 11.1. The number of hydrogen-bond donors (Lipinski definition) is 1. The molecule has 0 radical (unpaired) electrons. The summed E-state index contributed by atoms with van der Waals surface area (Å²) in [5.74, 6) is 0. The van der Waals surface area contributed by atoms with E-state index in [-0.39, 0.29) is 0 Å². The maximum Gasteiger partial charge on any atom is 0.183 e. The quantitative estimate of drug-likeness (QED) is 0.341. The van der Waals surface area contributed by atoms with Gasteiger partial charge in [-0.25, -0.2) is 4.99 Å². The van der Waals surface area contributed by atoms with Gasteiger partial charge in [-0.2, -0.15) is 5.26 Å². The first-order valence-corrected chi connectivity index (χ1v) is 7.19. The van der Waals surface area contributed by atoms with Crippen molar-refractivity contribution in [3.05, 3.63) is 26.1 Å². The van der Waals surface area contributed by atoms with E-state index in [9.17, 15) is 0 Å². The fourth-order valence-electron chi connectivity index (χ4n) is 0.915. The second-order valence-electron chi connectivity index (χ2n) is 2.58. The van der Waals surface area contributed by atoms with Gasteiger partial charge in [-0.05, 0) is 50.2 Å². The highest BCUT2D eigenvalue weighted by molar-refractivity contribution is 9.11. The molecule has 0 aliphatic carbocycles. The van der Waals surface area contributed by atoms with Crippen LogP contribution in [0.15, 0.2) is 26.1 Å². The van der Waals surface area contributed by atoms with Crippen molar-refractivity contribution in [3.63, 3.8) is 0 Å². The zero-order chi connectivity index (χ0) is 12.1. The number of hydrogen-bond acceptors (Lipinski definition) is 3. The van der Waals surface area contributed by atoms with Gasteiger partial charge >= 0.3 is 0 Å². The minimum atomic E-state index is 0.520. The number of rotatable bonds is 1. The first-order chi connectivity index (χ1) is 7.58. The van der Waals surface area contributed by atoms with Crippen LogP contribution in [-0.4, -0.2) is 11.4 Å². The summed E-state index contributed by atoms with van der Waals surface area (Å²) in [6, 6.07) is 3.49. The highest BCUT2D eigenvalue weighted by Gasteiger charge is 2.07. The molecule has 84 valence electrons. The minimum absolute atomic E-state index is 0.520. The van der Waals surface area contributed by atoms with Crippen molar-refractivity contribution in [1.29, 1.82) is 5.26 Å². The summed E-state index contributed by atoms with van der Waals surface area (Å²) in [5, 5.41) is 12.2. The summed E-state index contributed by atoms with van der Waals surface area (Å²) < 4.78 is 1.52. The van der Waals surface area contributed by atoms with Gasteiger partial charge in [0.25, 0.3) is 0 Å². The number of nitriles is 1. The van der Waals surface area contributed by atoms with Gasteiger partial charge in [0.1, 0.15) is 0 Å². The van der Waals surface area contributed by atoms with Crippen LogP contribution >= 0.6 is 55.2 Å². The van der Waals surface area contributed by atoms with Gasteiger partial charge in [0.05, 0.1) is 5.69 Å². The Hall–Kier alpha value is -0.220. The van der Waals surface area contributed by atoms with Crippen molar-refractivity contribution in [2.24, 2.45) is 4.99 Å². The Kier molecular flexibility index (Phi) is 5.62. The van der Waals surface area contributed by atoms with E-state index in [0.717, 1.165) is 8.95 Å². The first kappa shape index (κ1) is 13.8. The molecule has 0 unspecified atom stereocenters. The van der Waals surface area contributed by atoms with E-state index in [4.69, 9.17) is 16.9 Å². The second kappa shape index (κ2) is 6.50. The van der Waals surface area contributed by atoms with Crippen LogP contribution in [0.3, 0.4) is 0 Å². The topological polar surface area (TPSA) is 48.2 Å². The molecule has 0 aliphatic heterocycles. The molecule has 0 saturated heterocycles. The van der Waals surface area contributed by atoms with Crippen LogP contribution in [-0.2, 0) is 0 Å². The molecule has 0 atom stereocenters. The van der Waals surface area contributed by atoms with Gasteiger partial charge < -0.3 is 0 Å². The zero-order valence-electron chi connectivity index (χ0n) is 8.09. The molecule has 0 amide bonds. The summed E-state index contributed by atoms with van der Waals surface area (Å²) in [5.41, 5.74) is 0.691. The van der Waals surface area contributed by atoms with Gasteiger partial charge in [-0.15, -0.1) is 0 Å². The van der Waals surface area contributed by atoms with Crippen molar-refractivity contribution >= 4 is 66.1 Å². The van der Waals surface area contributed by atoms with Crippen molar-refractivity contribution in [2.45, 2.75) is 0 Å². The fraction of sp³-hybridized carbons (Fsp3) is 0.111. The highest BCUT2D eigenvalue weighted by Crippen LogP contribution is 2.36. The average Bonchev–Trinajstić information content (AvgIpc) is 2.21. The Morgan fingerprint density at radius 3 is 2.50 bits per heavy atom. The Balaban J connectivity index is 3.19. The molecule has 1 rings (SSSR count). The van der Waals surface area contributed by atoms with Crippen molar-refractivity contribution < 1.29 is 0 Å². The molecule has 0 heterocycles. The van der Waals surface area contributed by atoms with E-state index >= 15 is 0 Å². The molecule has 16 heavy (non-hydrogen) atoms. The van der Waals surface area contributed by atoms with Gasteiger partial charge in [0.15, 0.2) is 11.4 Å². The summed E-state index contributed by atoms with van der Waals surface area (Å²) in [4.78, 5) is 4.30. The van der Waals surface area contributed by atoms with Crippen LogP contribution in [0.1, 0.15) is 0 Å². The van der Waals surface area contributed by atoms with Crippen molar-refractivity contribution in [3.8, 4) is 6.19 Å². The van der Waals surface area contributed by atoms with Crippen LogP contribution in [0.5, 0.6) is 0 Å². The highest BCUT2D eigenvalue weighted by atomic mass is 79.9. The van der Waals surface area contributed by atoms with E-state index in [2.05, 4.69) is 42.2 Å². The molecule has 7 heteroatoms. The number of nitrogens with one attached hydrogen (secondary N) is 1. The van der Waals surface area contributed by atoms with E-state index in [0.29, 0.717) is 15.9 Å². The number of amidine groups is 1. The minimum Gasteiger partial charge on any atom is -0.271 e. The molecule has 0 fully saturated rings. The standard InChI is InChI=1S/C9H6Br2ClN3S/c1-16-9(14-4-13)15-8-6(10)2-5(12)3-7(8)11/h2-3H,1H3,(H,14,15). The van der Waals surface area contributed by atoms with E-state index < -0.39 is 0 Å². The molecule has 1 aromatic carbocycles. The summed E-state index contributed by atoms with van der Waals surface area (Å²) >= 11 is 14.0. The maximum absolute atomic E-state index is 8.53. The summed E-state index contributed by atoms with van der Waals surface area (Å²) in [7, 11) is 0. The van der Waals surface area contributed by atoms with E-state index in [1.54, 1.807) is 12.1 Å². The average molecular weight is 383 g/mol. The largest absolute Gasteiger partial charge is 0.271 e. The number of halogens is 3. The van der Waals surface area contributed by atoms with Crippen molar-refractivity contribution in [1.82, 2.24) is 5.32 Å². The molecule has 1 N–H and O–H groups in total. The lowest BCUT2D eigenvalue weighted by Crippen LogP contribution is -2.12. The lowest BCUT2D eigenvalue weighted by atomic mass is 10.3. The molecule has 0 spiro atoms. The molecular formula is C9H6Br2ClN3S. The number of benzene rings is 1. The van der Waals surface area contributed by atoms with Crippen LogP contribution in [0.2, 0.25) is 5.02 Å². The third-order valence-electron chi connectivity index (χ3n) is 1.55. The molecule has 0 aromatic heterocycles. The molecule has 0 bridgehead atoms. The first-order valence-electron chi connectivity index (χ1n) is 4.00.